The molecule has 0 aliphatic carbocycles. The van der Waals surface area contributed by atoms with Crippen molar-refractivity contribution in [1.82, 2.24) is 0 Å². The van der Waals surface area contributed by atoms with E-state index < -0.39 is 6.10 Å². The molecule has 2 unspecified atom stereocenters. The first-order valence-electron chi connectivity index (χ1n) is 25.3. The van der Waals surface area contributed by atoms with Crippen LogP contribution in [0.3, 0.4) is 0 Å². The van der Waals surface area contributed by atoms with E-state index in [0.717, 1.165) is 69.6 Å². The lowest BCUT2D eigenvalue weighted by molar-refractivity contribution is -0.167. The third-order valence-corrected chi connectivity index (χ3v) is 12.2. The van der Waals surface area contributed by atoms with Gasteiger partial charge in [0.15, 0.2) is 6.10 Å². The number of hydrogen-bond donors (Lipinski definition) is 0. The van der Waals surface area contributed by atoms with Crippen LogP contribution in [0.1, 0.15) is 279 Å². The minimum atomic E-state index is -0.762. The van der Waals surface area contributed by atoms with E-state index in [4.69, 9.17) is 14.2 Å². The molecule has 3 atom stereocenters. The Kier molecular flexibility index (Phi) is 42.7. The summed E-state index contributed by atoms with van der Waals surface area (Å²) in [7, 11) is 0. The monoisotopic (exact) mass is 807 g/mol. The summed E-state index contributed by atoms with van der Waals surface area (Å²) < 4.78 is 16.8. The fourth-order valence-corrected chi connectivity index (χ4v) is 7.57. The van der Waals surface area contributed by atoms with Crippen LogP contribution >= 0.6 is 0 Å². The Bertz CT molecular complexity index is 874. The zero-order valence-electron chi connectivity index (χ0n) is 39.0. The van der Waals surface area contributed by atoms with Crippen LogP contribution in [0.4, 0.5) is 0 Å². The van der Waals surface area contributed by atoms with Crippen molar-refractivity contribution in [3.8, 4) is 0 Å². The Balaban J connectivity index is 4.29. The van der Waals surface area contributed by atoms with Crippen LogP contribution in [0, 0.1) is 11.8 Å². The Morgan fingerprint density at radius 3 is 0.912 bits per heavy atom. The van der Waals surface area contributed by atoms with Gasteiger partial charge in [-0.05, 0) is 31.1 Å². The third kappa shape index (κ3) is 42.3. The summed E-state index contributed by atoms with van der Waals surface area (Å²) in [5.74, 6) is 0.804. The maximum absolute atomic E-state index is 12.7. The van der Waals surface area contributed by atoms with E-state index in [1.54, 1.807) is 0 Å². The average Bonchev–Trinajstić information content (AvgIpc) is 3.21. The zero-order chi connectivity index (χ0) is 41.9. The summed E-state index contributed by atoms with van der Waals surface area (Å²) in [5, 5.41) is 0. The van der Waals surface area contributed by atoms with Gasteiger partial charge < -0.3 is 14.2 Å². The van der Waals surface area contributed by atoms with Gasteiger partial charge in [0.2, 0.25) is 0 Å². The number of carbonyl (C=O) groups is 3. The molecule has 0 radical (unpaired) electrons. The average molecular weight is 807 g/mol. The van der Waals surface area contributed by atoms with Gasteiger partial charge in [-0.1, -0.05) is 240 Å². The smallest absolute Gasteiger partial charge is 0.306 e. The lowest BCUT2D eigenvalue weighted by Gasteiger charge is -2.18. The number of hydrogen-bond acceptors (Lipinski definition) is 6. The molecular formula is C51H98O6. The molecule has 6 heteroatoms. The molecule has 57 heavy (non-hydrogen) atoms. The topological polar surface area (TPSA) is 78.9 Å². The molecule has 0 saturated carbocycles. The molecule has 338 valence electrons. The Labute approximate surface area is 355 Å². The fourth-order valence-electron chi connectivity index (χ4n) is 7.57. The van der Waals surface area contributed by atoms with Crippen LogP contribution < -0.4 is 0 Å². The highest BCUT2D eigenvalue weighted by atomic mass is 16.6. The molecular weight excluding hydrogens is 709 g/mol. The van der Waals surface area contributed by atoms with Crippen molar-refractivity contribution in [3.63, 3.8) is 0 Å². The second-order valence-electron chi connectivity index (χ2n) is 17.9. The SMILES string of the molecule is CCCCCCCCCCCCCCCCCCCC(=O)OC[C@H](COC(=O)CCCCCCCCC(C)CC)OC(=O)CCCCCCCCCCC(C)CC. The molecule has 0 aromatic heterocycles. The number of unbranched alkanes of at least 4 members (excludes halogenated alkanes) is 28. The van der Waals surface area contributed by atoms with E-state index in [-0.39, 0.29) is 31.1 Å². The van der Waals surface area contributed by atoms with Gasteiger partial charge in [-0.2, -0.15) is 0 Å². The molecule has 0 heterocycles. The first-order chi connectivity index (χ1) is 27.8. The minimum absolute atomic E-state index is 0.0650. The normalized spacial score (nSPS) is 13.0. The molecule has 0 aromatic rings. The molecule has 0 aliphatic heterocycles. The lowest BCUT2D eigenvalue weighted by Crippen LogP contribution is -2.30. The zero-order valence-corrected chi connectivity index (χ0v) is 39.0. The first-order valence-corrected chi connectivity index (χ1v) is 25.3. The predicted octanol–water partition coefficient (Wildman–Crippen LogP) is 16.1. The molecule has 0 spiro atoms. The van der Waals surface area contributed by atoms with Crippen molar-refractivity contribution in [2.75, 3.05) is 13.2 Å². The van der Waals surface area contributed by atoms with E-state index in [2.05, 4.69) is 34.6 Å². The van der Waals surface area contributed by atoms with Crippen LogP contribution in [0.2, 0.25) is 0 Å². The minimum Gasteiger partial charge on any atom is -0.462 e. The Morgan fingerprint density at radius 2 is 0.614 bits per heavy atom. The summed E-state index contributed by atoms with van der Waals surface area (Å²) in [6, 6.07) is 0. The summed E-state index contributed by atoms with van der Waals surface area (Å²) in [6.45, 7) is 11.3. The van der Waals surface area contributed by atoms with Gasteiger partial charge in [0.1, 0.15) is 13.2 Å². The van der Waals surface area contributed by atoms with E-state index >= 15 is 0 Å². The highest BCUT2D eigenvalue weighted by Crippen LogP contribution is 2.18. The highest BCUT2D eigenvalue weighted by Gasteiger charge is 2.19. The maximum atomic E-state index is 12.7. The fraction of sp³-hybridized carbons (Fsp3) is 0.941. The molecule has 0 aliphatic rings. The van der Waals surface area contributed by atoms with Crippen LogP contribution in [-0.2, 0) is 28.6 Å². The van der Waals surface area contributed by atoms with Crippen LogP contribution in [0.5, 0.6) is 0 Å². The molecule has 0 bridgehead atoms. The van der Waals surface area contributed by atoms with Crippen molar-refractivity contribution >= 4 is 17.9 Å². The second kappa shape index (κ2) is 44.0. The van der Waals surface area contributed by atoms with Crippen LogP contribution in [-0.4, -0.2) is 37.2 Å². The molecule has 0 amide bonds. The molecule has 0 saturated heterocycles. The molecule has 0 rings (SSSR count). The molecule has 0 aromatic carbocycles. The summed E-state index contributed by atoms with van der Waals surface area (Å²) in [4.78, 5) is 37.9. The van der Waals surface area contributed by atoms with Crippen LogP contribution in [0.15, 0.2) is 0 Å². The van der Waals surface area contributed by atoms with E-state index in [1.165, 1.54) is 167 Å². The van der Waals surface area contributed by atoms with Gasteiger partial charge in [-0.25, -0.2) is 0 Å². The van der Waals surface area contributed by atoms with Crippen molar-refractivity contribution in [2.45, 2.75) is 285 Å². The van der Waals surface area contributed by atoms with Gasteiger partial charge in [-0.15, -0.1) is 0 Å². The van der Waals surface area contributed by atoms with Gasteiger partial charge >= 0.3 is 17.9 Å². The third-order valence-electron chi connectivity index (χ3n) is 12.2. The summed E-state index contributed by atoms with van der Waals surface area (Å²) in [6.07, 6.45) is 43.7. The van der Waals surface area contributed by atoms with Crippen LogP contribution in [0.25, 0.3) is 0 Å². The predicted molar refractivity (Wildman–Crippen MR) is 243 cm³/mol. The van der Waals surface area contributed by atoms with Gasteiger partial charge in [0.05, 0.1) is 0 Å². The Morgan fingerprint density at radius 1 is 0.351 bits per heavy atom. The van der Waals surface area contributed by atoms with E-state index in [1.807, 2.05) is 0 Å². The number of ether oxygens (including phenoxy) is 3. The van der Waals surface area contributed by atoms with Gasteiger partial charge in [-0.3, -0.25) is 14.4 Å². The van der Waals surface area contributed by atoms with Crippen molar-refractivity contribution < 1.29 is 28.6 Å². The molecule has 0 N–H and O–H groups in total. The first kappa shape index (κ1) is 55.4. The lowest BCUT2D eigenvalue weighted by atomic mass is 9.99. The number of esters is 3. The molecule has 6 nitrogen and oxygen atoms in total. The number of rotatable bonds is 45. The van der Waals surface area contributed by atoms with Crippen molar-refractivity contribution in [1.29, 1.82) is 0 Å². The standard InChI is InChI=1S/C51H98O6/c1-6-9-10-11-12-13-14-15-16-17-18-19-20-21-25-31-36-41-49(52)55-44-48(45-56-50(53)42-37-32-28-27-30-35-40-47(5)8-3)57-51(54)43-38-33-26-23-22-24-29-34-39-46(4)7-2/h46-48H,6-45H2,1-5H3/t46?,47?,48-/m1/s1. The quantitative estimate of drug-likeness (QED) is 0.0346. The number of carbonyl (C=O) groups excluding carboxylic acids is 3. The van der Waals surface area contributed by atoms with E-state index in [0.29, 0.717) is 19.3 Å². The van der Waals surface area contributed by atoms with Gasteiger partial charge in [0.25, 0.3) is 0 Å². The van der Waals surface area contributed by atoms with E-state index in [9.17, 15) is 14.4 Å². The Hall–Kier alpha value is -1.59. The maximum Gasteiger partial charge on any atom is 0.306 e. The highest BCUT2D eigenvalue weighted by molar-refractivity contribution is 5.71. The van der Waals surface area contributed by atoms with Gasteiger partial charge in [0, 0.05) is 19.3 Å². The van der Waals surface area contributed by atoms with Crippen molar-refractivity contribution in [2.24, 2.45) is 11.8 Å². The van der Waals surface area contributed by atoms with Crippen molar-refractivity contribution in [3.05, 3.63) is 0 Å². The molecule has 0 fully saturated rings. The summed E-state index contributed by atoms with van der Waals surface area (Å²) >= 11 is 0. The second-order valence-corrected chi connectivity index (χ2v) is 17.9. The largest absolute Gasteiger partial charge is 0.462 e. The summed E-state index contributed by atoms with van der Waals surface area (Å²) in [5.41, 5.74) is 0.